The van der Waals surface area contributed by atoms with Crippen LogP contribution in [0.25, 0.3) is 0 Å². The molecule has 2 aromatic rings. The maximum Gasteiger partial charge on any atom is 0.264 e. The predicted molar refractivity (Wildman–Crippen MR) is 98.6 cm³/mol. The van der Waals surface area contributed by atoms with Crippen molar-refractivity contribution >= 4 is 33.2 Å². The van der Waals surface area contributed by atoms with E-state index in [1.54, 1.807) is 29.2 Å². The summed E-state index contributed by atoms with van der Waals surface area (Å²) in [6.07, 6.45) is 2.02. The van der Waals surface area contributed by atoms with Crippen LogP contribution in [0.5, 0.6) is 0 Å². The maximum absolute atomic E-state index is 12.8. The van der Waals surface area contributed by atoms with Crippen LogP contribution in [-0.2, 0) is 10.0 Å². The van der Waals surface area contributed by atoms with Gasteiger partial charge in [-0.15, -0.1) is 0 Å². The van der Waals surface area contributed by atoms with Gasteiger partial charge in [-0.1, -0.05) is 17.7 Å². The first-order valence-corrected chi connectivity index (χ1v) is 9.85. The summed E-state index contributed by atoms with van der Waals surface area (Å²) in [5.74, 6) is -0.0587. The molecule has 0 saturated carbocycles. The number of hydrogen-bond acceptors (Lipinski definition) is 3. The molecule has 5 nitrogen and oxygen atoms in total. The van der Waals surface area contributed by atoms with Gasteiger partial charge in [0.1, 0.15) is 0 Å². The van der Waals surface area contributed by atoms with E-state index in [2.05, 4.69) is 0 Å². The molecule has 1 fully saturated rings. The third-order valence-corrected chi connectivity index (χ3v) is 6.37. The van der Waals surface area contributed by atoms with Crippen LogP contribution in [0.15, 0.2) is 53.4 Å². The molecular formula is C18H19ClN2O3S. The highest BCUT2D eigenvalue weighted by Gasteiger charge is 2.23. The number of nitrogens with zero attached hydrogens (tertiary/aromatic N) is 2. The van der Waals surface area contributed by atoms with Crippen molar-refractivity contribution in [3.63, 3.8) is 0 Å². The second-order valence-corrected chi connectivity index (χ2v) is 8.38. The molecule has 25 heavy (non-hydrogen) atoms. The van der Waals surface area contributed by atoms with Crippen molar-refractivity contribution in [1.82, 2.24) is 4.90 Å². The standard InChI is InChI=1S/C18H19ClN2O3S/c1-20(25(23,24)17-9-7-15(19)8-10-17)16-6-4-5-14(13-16)18(22)21-11-2-3-12-21/h4-10,13H,2-3,11-12H2,1H3. The molecule has 1 aliphatic rings. The van der Waals surface area contributed by atoms with Crippen molar-refractivity contribution in [3.05, 3.63) is 59.1 Å². The smallest absolute Gasteiger partial charge is 0.264 e. The number of amides is 1. The summed E-state index contributed by atoms with van der Waals surface area (Å²) in [7, 11) is -2.24. The highest BCUT2D eigenvalue weighted by molar-refractivity contribution is 7.92. The number of halogens is 1. The first kappa shape index (κ1) is 17.8. The van der Waals surface area contributed by atoms with E-state index in [0.717, 1.165) is 25.9 Å². The Morgan fingerprint density at radius 1 is 1.08 bits per heavy atom. The van der Waals surface area contributed by atoms with Crippen molar-refractivity contribution in [2.45, 2.75) is 17.7 Å². The Labute approximate surface area is 152 Å². The SMILES string of the molecule is CN(c1cccc(C(=O)N2CCCC2)c1)S(=O)(=O)c1ccc(Cl)cc1. The van der Waals surface area contributed by atoms with E-state index >= 15 is 0 Å². The molecule has 0 atom stereocenters. The van der Waals surface area contributed by atoms with Crippen LogP contribution in [0, 0.1) is 0 Å². The van der Waals surface area contributed by atoms with Crippen molar-refractivity contribution in [2.75, 3.05) is 24.4 Å². The van der Waals surface area contributed by atoms with E-state index in [1.165, 1.54) is 35.6 Å². The molecule has 1 aliphatic heterocycles. The van der Waals surface area contributed by atoms with Gasteiger partial charge < -0.3 is 4.90 Å². The van der Waals surface area contributed by atoms with E-state index < -0.39 is 10.0 Å². The van der Waals surface area contributed by atoms with Gasteiger partial charge in [0.25, 0.3) is 15.9 Å². The third-order valence-electron chi connectivity index (χ3n) is 4.32. The van der Waals surface area contributed by atoms with Crippen LogP contribution in [0.3, 0.4) is 0 Å². The molecule has 7 heteroatoms. The third kappa shape index (κ3) is 3.65. The highest BCUT2D eigenvalue weighted by Crippen LogP contribution is 2.25. The summed E-state index contributed by atoms with van der Waals surface area (Å²) in [5.41, 5.74) is 0.942. The van der Waals surface area contributed by atoms with E-state index in [-0.39, 0.29) is 10.8 Å². The molecule has 0 unspecified atom stereocenters. The van der Waals surface area contributed by atoms with Crippen LogP contribution in [0.4, 0.5) is 5.69 Å². The predicted octanol–water partition coefficient (Wildman–Crippen LogP) is 3.40. The van der Waals surface area contributed by atoms with E-state index in [9.17, 15) is 13.2 Å². The Bertz CT molecular complexity index is 875. The summed E-state index contributed by atoms with van der Waals surface area (Å²) in [4.78, 5) is 14.5. The number of sulfonamides is 1. The number of rotatable bonds is 4. The lowest BCUT2D eigenvalue weighted by Gasteiger charge is -2.21. The number of carbonyl (C=O) groups is 1. The molecule has 0 radical (unpaired) electrons. The quantitative estimate of drug-likeness (QED) is 0.819. The summed E-state index contributed by atoms with van der Waals surface area (Å²) >= 11 is 5.83. The topological polar surface area (TPSA) is 57.7 Å². The molecule has 0 aliphatic carbocycles. The molecule has 3 rings (SSSR count). The Morgan fingerprint density at radius 2 is 1.72 bits per heavy atom. The fourth-order valence-corrected chi connectivity index (χ4v) is 4.15. The van der Waals surface area contributed by atoms with Crippen molar-refractivity contribution in [3.8, 4) is 0 Å². The zero-order valence-electron chi connectivity index (χ0n) is 13.9. The number of likely N-dealkylation sites (tertiary alicyclic amines) is 1. The van der Waals surface area contributed by atoms with E-state index in [4.69, 9.17) is 11.6 Å². The molecule has 0 N–H and O–H groups in total. The monoisotopic (exact) mass is 378 g/mol. The van der Waals surface area contributed by atoms with E-state index in [1.807, 2.05) is 0 Å². The van der Waals surface area contributed by atoms with Gasteiger partial charge in [-0.3, -0.25) is 9.10 Å². The number of hydrogen-bond donors (Lipinski definition) is 0. The largest absolute Gasteiger partial charge is 0.339 e. The number of carbonyl (C=O) groups excluding carboxylic acids is 1. The second-order valence-electron chi connectivity index (χ2n) is 5.98. The Hall–Kier alpha value is -2.05. The van der Waals surface area contributed by atoms with Crippen LogP contribution in [-0.4, -0.2) is 39.4 Å². The average molecular weight is 379 g/mol. The Balaban J connectivity index is 1.89. The molecule has 1 amide bonds. The normalized spacial score (nSPS) is 14.6. The lowest BCUT2D eigenvalue weighted by Crippen LogP contribution is -2.29. The van der Waals surface area contributed by atoms with Gasteiger partial charge in [0.2, 0.25) is 0 Å². The molecule has 132 valence electrons. The summed E-state index contributed by atoms with van der Waals surface area (Å²) < 4.78 is 26.7. The van der Waals surface area contributed by atoms with Crippen molar-refractivity contribution < 1.29 is 13.2 Å². The van der Waals surface area contributed by atoms with Crippen molar-refractivity contribution in [1.29, 1.82) is 0 Å². The van der Waals surface area contributed by atoms with Gasteiger partial charge in [0.15, 0.2) is 0 Å². The van der Waals surface area contributed by atoms with Crippen LogP contribution >= 0.6 is 11.6 Å². The maximum atomic E-state index is 12.8. The molecule has 0 aromatic heterocycles. The zero-order valence-corrected chi connectivity index (χ0v) is 15.4. The lowest BCUT2D eigenvalue weighted by atomic mass is 10.2. The van der Waals surface area contributed by atoms with Gasteiger partial charge in [0.05, 0.1) is 10.6 Å². The van der Waals surface area contributed by atoms with Gasteiger partial charge in [0, 0.05) is 30.7 Å². The van der Waals surface area contributed by atoms with Crippen LogP contribution in [0.1, 0.15) is 23.2 Å². The summed E-state index contributed by atoms with van der Waals surface area (Å²) in [6.45, 7) is 1.50. The molecule has 0 spiro atoms. The number of anilines is 1. The number of benzene rings is 2. The molecule has 2 aromatic carbocycles. The lowest BCUT2D eigenvalue weighted by molar-refractivity contribution is 0.0793. The average Bonchev–Trinajstić information content (AvgIpc) is 3.15. The van der Waals surface area contributed by atoms with Gasteiger partial charge in [-0.25, -0.2) is 8.42 Å². The molecule has 0 bridgehead atoms. The fraction of sp³-hybridized carbons (Fsp3) is 0.278. The summed E-state index contributed by atoms with van der Waals surface area (Å²) in [5, 5.41) is 0.472. The Kier molecular flexibility index (Phi) is 5.01. The second kappa shape index (κ2) is 7.06. The van der Waals surface area contributed by atoms with Crippen LogP contribution < -0.4 is 4.31 Å². The van der Waals surface area contributed by atoms with Crippen LogP contribution in [0.2, 0.25) is 5.02 Å². The first-order valence-electron chi connectivity index (χ1n) is 8.03. The molecule has 1 saturated heterocycles. The Morgan fingerprint density at radius 3 is 2.36 bits per heavy atom. The highest BCUT2D eigenvalue weighted by atomic mass is 35.5. The van der Waals surface area contributed by atoms with Gasteiger partial charge in [-0.2, -0.15) is 0 Å². The van der Waals surface area contributed by atoms with E-state index in [0.29, 0.717) is 16.3 Å². The fourth-order valence-electron chi connectivity index (χ4n) is 2.84. The minimum absolute atomic E-state index is 0.0587. The summed E-state index contributed by atoms with van der Waals surface area (Å²) in [6, 6.07) is 12.7. The van der Waals surface area contributed by atoms with Gasteiger partial charge >= 0.3 is 0 Å². The molecular weight excluding hydrogens is 360 g/mol. The first-order chi connectivity index (χ1) is 11.9. The molecule has 1 heterocycles. The zero-order chi connectivity index (χ0) is 18.0. The van der Waals surface area contributed by atoms with Gasteiger partial charge in [-0.05, 0) is 55.3 Å². The minimum atomic E-state index is -3.72. The minimum Gasteiger partial charge on any atom is -0.339 e. The van der Waals surface area contributed by atoms with Crippen molar-refractivity contribution in [2.24, 2.45) is 0 Å².